The van der Waals surface area contributed by atoms with E-state index in [4.69, 9.17) is 0 Å². The second-order valence-corrected chi connectivity index (χ2v) is 3.90. The molecule has 0 saturated carbocycles. The van der Waals surface area contributed by atoms with Gasteiger partial charge in [-0.25, -0.2) is 0 Å². The predicted octanol–water partition coefficient (Wildman–Crippen LogP) is 0.627. The number of hydrogen-bond donors (Lipinski definition) is 2. The predicted molar refractivity (Wildman–Crippen MR) is 56.8 cm³/mol. The maximum absolute atomic E-state index is 3.55. The van der Waals surface area contributed by atoms with Gasteiger partial charge in [0, 0.05) is 25.3 Å². The molecule has 1 spiro atoms. The molecule has 2 aliphatic rings. The molecule has 1 unspecified atom stereocenters. The van der Waals surface area contributed by atoms with E-state index < -0.39 is 0 Å². The van der Waals surface area contributed by atoms with E-state index in [1.807, 2.05) is 13.8 Å². The molecule has 78 valence electrons. The van der Waals surface area contributed by atoms with Crippen LogP contribution in [-0.4, -0.2) is 43.8 Å². The molecule has 0 aromatic heterocycles. The Bertz CT molecular complexity index is 141. The summed E-state index contributed by atoms with van der Waals surface area (Å²) in [5.41, 5.74) is 0.410. The van der Waals surface area contributed by atoms with Crippen molar-refractivity contribution in [2.75, 3.05) is 33.4 Å². The first-order chi connectivity index (χ1) is 6.31. The highest BCUT2D eigenvalue weighted by molar-refractivity contribution is 4.98. The van der Waals surface area contributed by atoms with Crippen molar-refractivity contribution in [2.24, 2.45) is 0 Å². The first-order valence-corrected chi connectivity index (χ1v) is 5.45. The van der Waals surface area contributed by atoms with Gasteiger partial charge in [-0.05, 0) is 26.4 Å². The van der Waals surface area contributed by atoms with Crippen molar-refractivity contribution >= 4 is 0 Å². The molecule has 3 nitrogen and oxygen atoms in total. The molecule has 0 amide bonds. The Balaban J connectivity index is 0.000000396. The lowest BCUT2D eigenvalue weighted by molar-refractivity contribution is 0.171. The molecule has 0 bridgehead atoms. The fourth-order valence-electron chi connectivity index (χ4n) is 2.27. The molecule has 2 aliphatic heterocycles. The summed E-state index contributed by atoms with van der Waals surface area (Å²) in [4.78, 5) is 2.42. The summed E-state index contributed by atoms with van der Waals surface area (Å²) < 4.78 is 0. The number of rotatable bonds is 0. The molecule has 2 rings (SSSR count). The highest BCUT2D eigenvalue weighted by Crippen LogP contribution is 2.21. The van der Waals surface area contributed by atoms with Gasteiger partial charge in [-0.1, -0.05) is 13.8 Å². The van der Waals surface area contributed by atoms with Crippen LogP contribution in [0, 0.1) is 0 Å². The minimum absolute atomic E-state index is 0.410. The van der Waals surface area contributed by atoms with Gasteiger partial charge in [0.15, 0.2) is 0 Å². The minimum Gasteiger partial charge on any atom is -0.304 e. The zero-order valence-electron chi connectivity index (χ0n) is 9.19. The van der Waals surface area contributed by atoms with E-state index in [-0.39, 0.29) is 0 Å². The van der Waals surface area contributed by atoms with Crippen LogP contribution in [0.5, 0.6) is 0 Å². The molecule has 0 aliphatic carbocycles. The SMILES string of the molecule is CC.CN1CCCC2(CNCN2)C1. The molecule has 2 N–H and O–H groups in total. The van der Waals surface area contributed by atoms with Crippen LogP contribution in [0.2, 0.25) is 0 Å². The van der Waals surface area contributed by atoms with E-state index in [1.54, 1.807) is 0 Å². The third kappa shape index (κ3) is 2.66. The number of likely N-dealkylation sites (tertiary alicyclic amines) is 1. The largest absolute Gasteiger partial charge is 0.304 e. The zero-order valence-corrected chi connectivity index (χ0v) is 9.19. The average molecular weight is 185 g/mol. The molecular weight excluding hydrogens is 162 g/mol. The van der Waals surface area contributed by atoms with E-state index >= 15 is 0 Å². The van der Waals surface area contributed by atoms with E-state index in [2.05, 4.69) is 22.6 Å². The second kappa shape index (κ2) is 4.94. The van der Waals surface area contributed by atoms with Crippen LogP contribution in [0.25, 0.3) is 0 Å². The summed E-state index contributed by atoms with van der Waals surface area (Å²) in [5, 5.41) is 6.92. The second-order valence-electron chi connectivity index (χ2n) is 3.90. The van der Waals surface area contributed by atoms with Crippen LogP contribution < -0.4 is 10.6 Å². The lowest BCUT2D eigenvalue weighted by Crippen LogP contribution is -2.54. The molecule has 0 aromatic rings. The topological polar surface area (TPSA) is 27.3 Å². The Morgan fingerprint density at radius 3 is 2.62 bits per heavy atom. The first-order valence-electron chi connectivity index (χ1n) is 5.45. The van der Waals surface area contributed by atoms with Gasteiger partial charge in [-0.15, -0.1) is 0 Å². The molecule has 1 atom stereocenters. The van der Waals surface area contributed by atoms with E-state index in [9.17, 15) is 0 Å². The highest BCUT2D eigenvalue weighted by Gasteiger charge is 2.36. The van der Waals surface area contributed by atoms with Crippen molar-refractivity contribution < 1.29 is 0 Å². The molecule has 13 heavy (non-hydrogen) atoms. The number of piperidine rings is 1. The average Bonchev–Trinajstić information content (AvgIpc) is 2.56. The Hall–Kier alpha value is -0.120. The van der Waals surface area contributed by atoms with Crippen molar-refractivity contribution in [1.29, 1.82) is 0 Å². The normalized spacial score (nSPS) is 34.4. The van der Waals surface area contributed by atoms with Gasteiger partial charge in [0.2, 0.25) is 0 Å². The smallest absolute Gasteiger partial charge is 0.0460 e. The highest BCUT2D eigenvalue weighted by atomic mass is 15.3. The quantitative estimate of drug-likeness (QED) is 0.579. The number of nitrogens with zero attached hydrogens (tertiary/aromatic N) is 1. The molecule has 0 aromatic carbocycles. The van der Waals surface area contributed by atoms with Gasteiger partial charge in [0.05, 0.1) is 0 Å². The van der Waals surface area contributed by atoms with Gasteiger partial charge >= 0.3 is 0 Å². The molecule has 2 fully saturated rings. The van der Waals surface area contributed by atoms with Crippen LogP contribution in [0.3, 0.4) is 0 Å². The fourth-order valence-corrected chi connectivity index (χ4v) is 2.27. The van der Waals surface area contributed by atoms with Crippen LogP contribution >= 0.6 is 0 Å². The molecule has 2 heterocycles. The maximum atomic E-state index is 3.55. The van der Waals surface area contributed by atoms with Crippen molar-refractivity contribution in [3.05, 3.63) is 0 Å². The Labute approximate surface area is 81.9 Å². The molecule has 0 radical (unpaired) electrons. The van der Waals surface area contributed by atoms with E-state index in [0.717, 1.165) is 13.2 Å². The minimum atomic E-state index is 0.410. The van der Waals surface area contributed by atoms with Gasteiger partial charge in [-0.2, -0.15) is 0 Å². The lowest BCUT2D eigenvalue weighted by Gasteiger charge is -2.38. The first kappa shape index (κ1) is 11.0. The maximum Gasteiger partial charge on any atom is 0.0460 e. The summed E-state index contributed by atoms with van der Waals surface area (Å²) in [6.45, 7) is 8.62. The van der Waals surface area contributed by atoms with Crippen molar-refractivity contribution in [3.8, 4) is 0 Å². The van der Waals surface area contributed by atoms with Crippen LogP contribution in [-0.2, 0) is 0 Å². The van der Waals surface area contributed by atoms with Gasteiger partial charge in [-0.3, -0.25) is 5.32 Å². The molecule has 2 saturated heterocycles. The molecular formula is C10H23N3. The number of nitrogens with one attached hydrogen (secondary N) is 2. The third-order valence-corrected chi connectivity index (χ3v) is 2.82. The van der Waals surface area contributed by atoms with Gasteiger partial charge in [0.25, 0.3) is 0 Å². The standard InChI is InChI=1S/C8H17N3.C2H6/c1-11-4-2-3-8(6-11)5-9-7-10-8;1-2/h9-10H,2-7H2,1H3;1-2H3. The number of likely N-dealkylation sites (N-methyl/N-ethyl adjacent to an activating group) is 1. The summed E-state index contributed by atoms with van der Waals surface area (Å²) in [6.07, 6.45) is 2.68. The Morgan fingerprint density at radius 1 is 1.31 bits per heavy atom. The van der Waals surface area contributed by atoms with E-state index in [1.165, 1.54) is 25.9 Å². The summed E-state index contributed by atoms with van der Waals surface area (Å²) in [5.74, 6) is 0. The fraction of sp³-hybridized carbons (Fsp3) is 1.00. The Kier molecular flexibility index (Phi) is 4.16. The third-order valence-electron chi connectivity index (χ3n) is 2.82. The summed E-state index contributed by atoms with van der Waals surface area (Å²) in [6, 6.07) is 0. The van der Waals surface area contributed by atoms with Crippen molar-refractivity contribution in [3.63, 3.8) is 0 Å². The van der Waals surface area contributed by atoms with Gasteiger partial charge < -0.3 is 10.2 Å². The monoisotopic (exact) mass is 185 g/mol. The van der Waals surface area contributed by atoms with Crippen LogP contribution in [0.4, 0.5) is 0 Å². The van der Waals surface area contributed by atoms with Crippen LogP contribution in [0.1, 0.15) is 26.7 Å². The van der Waals surface area contributed by atoms with Crippen molar-refractivity contribution in [1.82, 2.24) is 15.5 Å². The summed E-state index contributed by atoms with van der Waals surface area (Å²) in [7, 11) is 2.21. The zero-order chi connectivity index (χ0) is 9.73. The lowest BCUT2D eigenvalue weighted by atomic mass is 9.90. The summed E-state index contributed by atoms with van der Waals surface area (Å²) >= 11 is 0. The van der Waals surface area contributed by atoms with Gasteiger partial charge in [0.1, 0.15) is 0 Å². The van der Waals surface area contributed by atoms with Crippen LogP contribution in [0.15, 0.2) is 0 Å². The van der Waals surface area contributed by atoms with E-state index in [0.29, 0.717) is 5.54 Å². The Morgan fingerprint density at radius 2 is 2.08 bits per heavy atom. The number of hydrogen-bond acceptors (Lipinski definition) is 3. The van der Waals surface area contributed by atoms with Crippen molar-refractivity contribution in [2.45, 2.75) is 32.2 Å². The molecule has 3 heteroatoms.